The van der Waals surface area contributed by atoms with E-state index in [0.717, 1.165) is 0 Å². The minimum atomic E-state index is -0.886. The highest BCUT2D eigenvalue weighted by Crippen LogP contribution is 2.04. The summed E-state index contributed by atoms with van der Waals surface area (Å²) in [6.07, 6.45) is -0.0249. The van der Waals surface area contributed by atoms with E-state index in [4.69, 9.17) is 5.11 Å². The smallest absolute Gasteiger partial charge is 0.317 e. The first-order valence-corrected chi connectivity index (χ1v) is 5.64. The molecule has 2 amide bonds. The third-order valence-corrected chi connectivity index (χ3v) is 2.27. The molecule has 0 rings (SSSR count). The van der Waals surface area contributed by atoms with Gasteiger partial charge in [0.2, 0.25) is 0 Å². The van der Waals surface area contributed by atoms with E-state index in [-0.39, 0.29) is 18.5 Å². The molecule has 0 aromatic rings. The largest absolute Gasteiger partial charge is 0.481 e. The SMILES string of the molecule is CCN(C(=O)NCC(C)C)C(C)CC(=O)O. The number of carbonyl (C=O) groups excluding carboxylic acids is 1. The molecule has 5 nitrogen and oxygen atoms in total. The molecule has 0 fully saturated rings. The Bertz CT molecular complexity index is 241. The first-order chi connectivity index (χ1) is 7.38. The molecule has 0 saturated carbocycles. The lowest BCUT2D eigenvalue weighted by molar-refractivity contribution is -0.138. The molecule has 0 aromatic heterocycles. The zero-order chi connectivity index (χ0) is 12.7. The van der Waals surface area contributed by atoms with Gasteiger partial charge in [-0.3, -0.25) is 4.79 Å². The number of amides is 2. The van der Waals surface area contributed by atoms with Crippen LogP contribution in [0.4, 0.5) is 4.79 Å². The molecule has 16 heavy (non-hydrogen) atoms. The normalized spacial score (nSPS) is 12.3. The topological polar surface area (TPSA) is 69.6 Å². The van der Waals surface area contributed by atoms with Crippen molar-refractivity contribution in [2.45, 2.75) is 40.2 Å². The van der Waals surface area contributed by atoms with E-state index in [1.54, 1.807) is 6.92 Å². The lowest BCUT2D eigenvalue weighted by Crippen LogP contribution is -2.46. The van der Waals surface area contributed by atoms with Crippen LogP contribution in [0.1, 0.15) is 34.1 Å². The molecule has 0 heterocycles. The van der Waals surface area contributed by atoms with Gasteiger partial charge in [-0.2, -0.15) is 0 Å². The lowest BCUT2D eigenvalue weighted by Gasteiger charge is -2.27. The summed E-state index contributed by atoms with van der Waals surface area (Å²) >= 11 is 0. The van der Waals surface area contributed by atoms with E-state index in [1.165, 1.54) is 4.90 Å². The molecule has 0 aromatic carbocycles. The molecular weight excluding hydrogens is 208 g/mol. The first kappa shape index (κ1) is 14.7. The monoisotopic (exact) mass is 230 g/mol. The Hall–Kier alpha value is -1.26. The van der Waals surface area contributed by atoms with E-state index in [0.29, 0.717) is 19.0 Å². The molecule has 94 valence electrons. The van der Waals surface area contributed by atoms with E-state index in [9.17, 15) is 9.59 Å². The van der Waals surface area contributed by atoms with Gasteiger partial charge in [0, 0.05) is 19.1 Å². The first-order valence-electron chi connectivity index (χ1n) is 5.64. The Labute approximate surface area is 96.8 Å². The Balaban J connectivity index is 4.24. The van der Waals surface area contributed by atoms with Gasteiger partial charge in [-0.15, -0.1) is 0 Å². The minimum absolute atomic E-state index is 0.0249. The number of aliphatic carboxylic acids is 1. The van der Waals surface area contributed by atoms with Gasteiger partial charge in [0.25, 0.3) is 0 Å². The zero-order valence-corrected chi connectivity index (χ0v) is 10.5. The van der Waals surface area contributed by atoms with Gasteiger partial charge >= 0.3 is 12.0 Å². The predicted octanol–water partition coefficient (Wildman–Crippen LogP) is 1.54. The summed E-state index contributed by atoms with van der Waals surface area (Å²) in [7, 11) is 0. The van der Waals surface area contributed by atoms with Gasteiger partial charge in [0.1, 0.15) is 0 Å². The summed E-state index contributed by atoms with van der Waals surface area (Å²) in [5, 5.41) is 11.5. The maximum absolute atomic E-state index is 11.7. The maximum atomic E-state index is 11.7. The highest BCUT2D eigenvalue weighted by molar-refractivity contribution is 5.75. The van der Waals surface area contributed by atoms with Crippen LogP contribution in [0, 0.1) is 5.92 Å². The van der Waals surface area contributed by atoms with Crippen molar-refractivity contribution in [3.05, 3.63) is 0 Å². The minimum Gasteiger partial charge on any atom is -0.481 e. The molecule has 5 heteroatoms. The second-order valence-electron chi connectivity index (χ2n) is 4.31. The van der Waals surface area contributed by atoms with E-state index in [1.807, 2.05) is 20.8 Å². The Morgan fingerprint density at radius 1 is 1.31 bits per heavy atom. The molecule has 0 saturated heterocycles. The Kier molecular flexibility index (Phi) is 6.53. The van der Waals surface area contributed by atoms with Gasteiger partial charge < -0.3 is 15.3 Å². The van der Waals surface area contributed by atoms with Gasteiger partial charge in [0.05, 0.1) is 6.42 Å². The number of carboxylic acid groups (broad SMARTS) is 1. The molecule has 1 atom stereocenters. The van der Waals surface area contributed by atoms with Crippen LogP contribution in [0.2, 0.25) is 0 Å². The fourth-order valence-electron chi connectivity index (χ4n) is 1.41. The lowest BCUT2D eigenvalue weighted by atomic mass is 10.2. The average Bonchev–Trinajstić information content (AvgIpc) is 2.14. The summed E-state index contributed by atoms with van der Waals surface area (Å²) in [6, 6.07) is -0.473. The third kappa shape index (κ3) is 5.58. The van der Waals surface area contributed by atoms with E-state index in [2.05, 4.69) is 5.32 Å². The number of hydrogen-bond acceptors (Lipinski definition) is 2. The fourth-order valence-corrected chi connectivity index (χ4v) is 1.41. The van der Waals surface area contributed by atoms with Crippen molar-refractivity contribution in [1.29, 1.82) is 0 Å². The second-order valence-corrected chi connectivity index (χ2v) is 4.31. The second kappa shape index (κ2) is 7.09. The van der Waals surface area contributed by atoms with Gasteiger partial charge in [-0.25, -0.2) is 4.79 Å². The quantitative estimate of drug-likeness (QED) is 0.727. The molecule has 0 spiro atoms. The van der Waals surface area contributed by atoms with Crippen molar-refractivity contribution in [1.82, 2.24) is 10.2 Å². The number of urea groups is 1. The molecule has 0 aliphatic carbocycles. The molecule has 1 unspecified atom stereocenters. The number of nitrogens with one attached hydrogen (secondary N) is 1. The molecule has 0 bridgehead atoms. The number of rotatable bonds is 6. The summed E-state index contributed by atoms with van der Waals surface area (Å²) in [6.45, 7) is 8.72. The van der Waals surface area contributed by atoms with Crippen LogP contribution in [-0.4, -0.2) is 41.1 Å². The van der Waals surface area contributed by atoms with Crippen LogP contribution in [0.3, 0.4) is 0 Å². The highest BCUT2D eigenvalue weighted by atomic mass is 16.4. The van der Waals surface area contributed by atoms with Crippen molar-refractivity contribution < 1.29 is 14.7 Å². The van der Waals surface area contributed by atoms with Crippen molar-refractivity contribution in [2.75, 3.05) is 13.1 Å². The Morgan fingerprint density at radius 2 is 1.88 bits per heavy atom. The molecular formula is C11H22N2O3. The van der Waals surface area contributed by atoms with E-state index < -0.39 is 5.97 Å². The van der Waals surface area contributed by atoms with Crippen molar-refractivity contribution in [3.63, 3.8) is 0 Å². The number of carboxylic acids is 1. The van der Waals surface area contributed by atoms with Crippen LogP contribution in [0.5, 0.6) is 0 Å². The van der Waals surface area contributed by atoms with Gasteiger partial charge in [0.15, 0.2) is 0 Å². The molecule has 0 aliphatic heterocycles. The fraction of sp³-hybridized carbons (Fsp3) is 0.818. The standard InChI is InChI=1S/C11H22N2O3/c1-5-13(9(4)6-10(14)15)11(16)12-7-8(2)3/h8-9H,5-7H2,1-4H3,(H,12,16)(H,14,15). The molecule has 0 radical (unpaired) electrons. The van der Waals surface area contributed by atoms with Crippen LogP contribution >= 0.6 is 0 Å². The van der Waals surface area contributed by atoms with Crippen molar-refractivity contribution in [2.24, 2.45) is 5.92 Å². The maximum Gasteiger partial charge on any atom is 0.317 e. The summed E-state index contributed by atoms with van der Waals surface area (Å²) in [5.74, 6) is -0.500. The van der Waals surface area contributed by atoms with Gasteiger partial charge in [-0.1, -0.05) is 13.8 Å². The predicted molar refractivity (Wildman–Crippen MR) is 62.3 cm³/mol. The van der Waals surface area contributed by atoms with Crippen molar-refractivity contribution >= 4 is 12.0 Å². The summed E-state index contributed by atoms with van der Waals surface area (Å²) in [5.41, 5.74) is 0. The number of hydrogen-bond donors (Lipinski definition) is 2. The van der Waals surface area contributed by atoms with Crippen LogP contribution < -0.4 is 5.32 Å². The molecule has 2 N–H and O–H groups in total. The summed E-state index contributed by atoms with van der Waals surface area (Å²) in [4.78, 5) is 23.8. The van der Waals surface area contributed by atoms with E-state index >= 15 is 0 Å². The Morgan fingerprint density at radius 3 is 2.25 bits per heavy atom. The number of nitrogens with zero attached hydrogens (tertiary/aromatic N) is 1. The van der Waals surface area contributed by atoms with Gasteiger partial charge in [-0.05, 0) is 19.8 Å². The summed E-state index contributed by atoms with van der Waals surface area (Å²) < 4.78 is 0. The third-order valence-electron chi connectivity index (χ3n) is 2.27. The van der Waals surface area contributed by atoms with Crippen LogP contribution in [0.25, 0.3) is 0 Å². The zero-order valence-electron chi connectivity index (χ0n) is 10.5. The number of carbonyl (C=O) groups is 2. The highest BCUT2D eigenvalue weighted by Gasteiger charge is 2.20. The van der Waals surface area contributed by atoms with Crippen LogP contribution in [0.15, 0.2) is 0 Å². The van der Waals surface area contributed by atoms with Crippen molar-refractivity contribution in [3.8, 4) is 0 Å². The average molecular weight is 230 g/mol. The van der Waals surface area contributed by atoms with Crippen LogP contribution in [-0.2, 0) is 4.79 Å². The molecule has 0 aliphatic rings.